The third kappa shape index (κ3) is 3.60. The summed E-state index contributed by atoms with van der Waals surface area (Å²) in [5.41, 5.74) is 0.0218. The molecule has 0 aliphatic carbocycles. The number of aliphatic hydroxyl groups excluding tert-OH is 1. The van der Waals surface area contributed by atoms with E-state index in [1.807, 2.05) is 19.9 Å². The Labute approximate surface area is 186 Å². The summed E-state index contributed by atoms with van der Waals surface area (Å²) in [7, 11) is 1.55. The Hall–Kier alpha value is -2.49. The molecule has 1 saturated heterocycles. The van der Waals surface area contributed by atoms with E-state index in [1.165, 1.54) is 4.90 Å². The Balaban J connectivity index is 1.80. The lowest BCUT2D eigenvalue weighted by atomic mass is 9.88. The zero-order chi connectivity index (χ0) is 22.5. The largest absolute Gasteiger partial charge is 0.494 e. The normalized spacial score (nSPS) is 22.6. The molecule has 2 aromatic heterocycles. The van der Waals surface area contributed by atoms with Crippen molar-refractivity contribution in [3.8, 4) is 5.75 Å². The Morgan fingerprint density at radius 2 is 1.97 bits per heavy atom. The molecule has 4 heterocycles. The summed E-state index contributed by atoms with van der Waals surface area (Å²) in [6.07, 6.45) is 1.77. The molecular weight excluding hydrogens is 422 g/mol. The number of amides is 1. The third-order valence-corrected chi connectivity index (χ3v) is 5.92. The van der Waals surface area contributed by atoms with Gasteiger partial charge in [0.2, 0.25) is 5.91 Å². The van der Waals surface area contributed by atoms with Crippen LogP contribution in [0.5, 0.6) is 5.75 Å². The minimum absolute atomic E-state index is 0.0832. The Kier molecular flexibility index (Phi) is 5.53. The van der Waals surface area contributed by atoms with Gasteiger partial charge in [0.05, 0.1) is 30.9 Å². The van der Waals surface area contributed by atoms with Gasteiger partial charge in [-0.2, -0.15) is 0 Å². The highest BCUT2D eigenvalue weighted by Gasteiger charge is 2.49. The highest BCUT2D eigenvalue weighted by Crippen LogP contribution is 2.49. The molecule has 31 heavy (non-hydrogen) atoms. The highest BCUT2D eigenvalue weighted by atomic mass is 35.5. The number of anilines is 3. The van der Waals surface area contributed by atoms with E-state index < -0.39 is 12.0 Å². The molecule has 2 atom stereocenters. The molecule has 166 valence electrons. The number of hydrogen-bond donors (Lipinski definition) is 1. The zero-order valence-corrected chi connectivity index (χ0v) is 19.0. The molecule has 10 heteroatoms. The van der Waals surface area contributed by atoms with Gasteiger partial charge in [0.25, 0.3) is 0 Å². The van der Waals surface area contributed by atoms with E-state index in [-0.39, 0.29) is 29.1 Å². The van der Waals surface area contributed by atoms with Crippen molar-refractivity contribution in [3.05, 3.63) is 28.8 Å². The third-order valence-electron chi connectivity index (χ3n) is 5.64. The summed E-state index contributed by atoms with van der Waals surface area (Å²) in [6, 6.07) is 1.81. The van der Waals surface area contributed by atoms with Crippen LogP contribution in [0.25, 0.3) is 0 Å². The topological polar surface area (TPSA) is 101 Å². The molecule has 0 aromatic carbocycles. The first-order chi connectivity index (χ1) is 14.7. The number of pyridine rings is 1. The van der Waals surface area contributed by atoms with Crippen LogP contribution in [0.15, 0.2) is 12.3 Å². The van der Waals surface area contributed by atoms with Gasteiger partial charge in [0.1, 0.15) is 34.8 Å². The van der Waals surface area contributed by atoms with Crippen molar-refractivity contribution >= 4 is 34.8 Å². The summed E-state index contributed by atoms with van der Waals surface area (Å²) < 4.78 is 11.5. The van der Waals surface area contributed by atoms with E-state index in [4.69, 9.17) is 21.1 Å². The molecule has 1 fully saturated rings. The fraction of sp³-hybridized carbons (Fsp3) is 0.524. The summed E-state index contributed by atoms with van der Waals surface area (Å²) in [6.45, 7) is 8.62. The van der Waals surface area contributed by atoms with Crippen LogP contribution < -0.4 is 14.5 Å². The second kappa shape index (κ2) is 7.89. The van der Waals surface area contributed by atoms with Crippen molar-refractivity contribution in [2.45, 2.75) is 51.9 Å². The monoisotopic (exact) mass is 447 g/mol. The lowest BCUT2D eigenvalue weighted by molar-refractivity contribution is -0.121. The summed E-state index contributed by atoms with van der Waals surface area (Å²) in [5.74, 6) is 1.47. The van der Waals surface area contributed by atoms with Crippen molar-refractivity contribution in [2.24, 2.45) is 0 Å². The van der Waals surface area contributed by atoms with E-state index in [0.29, 0.717) is 35.9 Å². The molecule has 1 N–H and O–H groups in total. The maximum absolute atomic E-state index is 13.4. The predicted octanol–water partition coefficient (Wildman–Crippen LogP) is 2.60. The van der Waals surface area contributed by atoms with Crippen molar-refractivity contribution in [3.63, 3.8) is 0 Å². The molecule has 0 spiro atoms. The van der Waals surface area contributed by atoms with E-state index >= 15 is 0 Å². The van der Waals surface area contributed by atoms with Gasteiger partial charge >= 0.3 is 0 Å². The maximum atomic E-state index is 13.4. The second-order valence-corrected chi connectivity index (χ2v) is 8.79. The number of morpholine rings is 1. The summed E-state index contributed by atoms with van der Waals surface area (Å²) in [4.78, 5) is 30.1. The fourth-order valence-electron chi connectivity index (χ4n) is 4.23. The lowest BCUT2D eigenvalue weighted by Gasteiger charge is -2.36. The van der Waals surface area contributed by atoms with Crippen LogP contribution >= 0.6 is 11.6 Å². The Morgan fingerprint density at radius 3 is 2.58 bits per heavy atom. The molecule has 2 aliphatic rings. The number of halogens is 1. The molecule has 0 radical (unpaired) electrons. The number of fused-ring (bicyclic) bond motifs is 1. The van der Waals surface area contributed by atoms with E-state index in [0.717, 1.165) is 5.82 Å². The highest BCUT2D eigenvalue weighted by molar-refractivity contribution is 6.32. The molecular formula is C21H26ClN5O4. The summed E-state index contributed by atoms with van der Waals surface area (Å²) in [5, 5.41) is 9.68. The number of aliphatic hydroxyl groups is 1. The van der Waals surface area contributed by atoms with Gasteiger partial charge in [-0.15, -0.1) is 0 Å². The minimum Gasteiger partial charge on any atom is -0.494 e. The van der Waals surface area contributed by atoms with Crippen molar-refractivity contribution in [2.75, 3.05) is 30.0 Å². The fourth-order valence-corrected chi connectivity index (χ4v) is 4.65. The van der Waals surface area contributed by atoms with Crippen LogP contribution in [0.2, 0.25) is 5.15 Å². The molecule has 2 aromatic rings. The van der Waals surface area contributed by atoms with Gasteiger partial charge in [0.15, 0.2) is 5.82 Å². The van der Waals surface area contributed by atoms with Gasteiger partial charge in [-0.25, -0.2) is 15.0 Å². The van der Waals surface area contributed by atoms with E-state index in [2.05, 4.69) is 19.9 Å². The molecule has 2 aliphatic heterocycles. The molecule has 1 amide bonds. The Morgan fingerprint density at radius 1 is 1.29 bits per heavy atom. The maximum Gasteiger partial charge on any atom is 0.243 e. The van der Waals surface area contributed by atoms with Crippen LogP contribution in [-0.4, -0.2) is 58.4 Å². The quantitative estimate of drug-likeness (QED) is 0.714. The SMILES string of the molecule is COc1cc(N2C[C@@H](C)O[C@@H](C)C2)ncc1N1C(=O)C(C)(C)c2c(Cl)nc(CO)nc21. The number of carbonyl (C=O) groups is 1. The number of rotatable bonds is 4. The van der Waals surface area contributed by atoms with Crippen LogP contribution in [0, 0.1) is 0 Å². The van der Waals surface area contributed by atoms with Crippen LogP contribution in [0.3, 0.4) is 0 Å². The van der Waals surface area contributed by atoms with Gasteiger partial charge in [-0.05, 0) is 27.7 Å². The van der Waals surface area contributed by atoms with Gasteiger partial charge in [0, 0.05) is 24.7 Å². The van der Waals surface area contributed by atoms with Crippen LogP contribution in [0.4, 0.5) is 17.3 Å². The van der Waals surface area contributed by atoms with Gasteiger partial charge in [-0.1, -0.05) is 11.6 Å². The molecule has 0 unspecified atom stereocenters. The van der Waals surface area contributed by atoms with E-state index in [1.54, 1.807) is 27.2 Å². The predicted molar refractivity (Wildman–Crippen MR) is 116 cm³/mol. The average molecular weight is 448 g/mol. The molecule has 0 bridgehead atoms. The van der Waals surface area contributed by atoms with Gasteiger partial charge < -0.3 is 19.5 Å². The number of hydrogen-bond acceptors (Lipinski definition) is 8. The minimum atomic E-state index is -0.945. The number of ether oxygens (including phenoxy) is 2. The number of nitrogens with zero attached hydrogens (tertiary/aromatic N) is 5. The lowest BCUT2D eigenvalue weighted by Crippen LogP contribution is -2.45. The zero-order valence-electron chi connectivity index (χ0n) is 18.2. The Bertz CT molecular complexity index is 1020. The number of aromatic nitrogens is 3. The average Bonchev–Trinajstić information content (AvgIpc) is 2.92. The van der Waals surface area contributed by atoms with Gasteiger partial charge in [-0.3, -0.25) is 9.69 Å². The van der Waals surface area contributed by atoms with Crippen molar-refractivity contribution in [1.82, 2.24) is 15.0 Å². The first-order valence-corrected chi connectivity index (χ1v) is 10.5. The second-order valence-electron chi connectivity index (χ2n) is 8.43. The first kappa shape index (κ1) is 21.7. The van der Waals surface area contributed by atoms with E-state index in [9.17, 15) is 9.90 Å². The molecule has 9 nitrogen and oxygen atoms in total. The number of carbonyl (C=O) groups excluding carboxylic acids is 1. The first-order valence-electron chi connectivity index (χ1n) is 10.1. The molecule has 0 saturated carbocycles. The number of methoxy groups -OCH3 is 1. The van der Waals surface area contributed by atoms with Crippen molar-refractivity contribution in [1.29, 1.82) is 0 Å². The smallest absolute Gasteiger partial charge is 0.243 e. The van der Waals surface area contributed by atoms with Crippen LogP contribution in [-0.2, 0) is 21.6 Å². The van der Waals surface area contributed by atoms with Crippen molar-refractivity contribution < 1.29 is 19.4 Å². The standard InChI is InChI=1S/C21H26ClN5O4/c1-11-8-26(9-12(2)31-11)16-6-14(30-5)13(7-23-16)27-19-17(21(3,4)20(27)29)18(22)24-15(10-28)25-19/h6-7,11-12,28H,8-10H2,1-5H3/t11-,12+. The summed E-state index contributed by atoms with van der Waals surface area (Å²) >= 11 is 6.38. The van der Waals surface area contributed by atoms with Crippen LogP contribution in [0.1, 0.15) is 39.1 Å². The molecule has 4 rings (SSSR count).